The summed E-state index contributed by atoms with van der Waals surface area (Å²) in [4.78, 5) is 16.1. The van der Waals surface area contributed by atoms with E-state index in [2.05, 4.69) is 16.9 Å². The number of carbonyl (C=O) groups excluding carboxylic acids is 1. The SMILES string of the molecule is C=CCNC(=O)c1cccnc1OC1CCSC1. The summed E-state index contributed by atoms with van der Waals surface area (Å²) in [7, 11) is 0. The van der Waals surface area contributed by atoms with E-state index in [1.165, 1.54) is 0 Å². The molecule has 2 heterocycles. The van der Waals surface area contributed by atoms with Crippen LogP contribution in [0.25, 0.3) is 0 Å². The quantitative estimate of drug-likeness (QED) is 0.825. The van der Waals surface area contributed by atoms with Gasteiger partial charge in [-0.1, -0.05) is 6.08 Å². The van der Waals surface area contributed by atoms with Gasteiger partial charge >= 0.3 is 0 Å². The van der Waals surface area contributed by atoms with Crippen LogP contribution in [0.2, 0.25) is 0 Å². The summed E-state index contributed by atoms with van der Waals surface area (Å²) >= 11 is 1.86. The first kappa shape index (κ1) is 13.0. The van der Waals surface area contributed by atoms with Crippen LogP contribution in [-0.4, -0.2) is 35.0 Å². The molecular formula is C13H16N2O2S. The third kappa shape index (κ3) is 3.26. The van der Waals surface area contributed by atoms with Crippen LogP contribution in [0.5, 0.6) is 5.88 Å². The predicted octanol–water partition coefficient (Wildman–Crippen LogP) is 1.88. The van der Waals surface area contributed by atoms with Gasteiger partial charge in [0.15, 0.2) is 0 Å². The zero-order valence-electron chi connectivity index (χ0n) is 10.1. The molecule has 0 bridgehead atoms. The minimum atomic E-state index is -0.177. The van der Waals surface area contributed by atoms with Gasteiger partial charge in [0.1, 0.15) is 11.7 Å². The molecule has 0 radical (unpaired) electrons. The van der Waals surface area contributed by atoms with E-state index in [0.29, 0.717) is 18.0 Å². The average molecular weight is 264 g/mol. The Morgan fingerprint density at radius 1 is 1.72 bits per heavy atom. The standard InChI is InChI=1S/C13H16N2O2S/c1-2-6-14-12(16)11-4-3-7-15-13(11)17-10-5-8-18-9-10/h2-4,7,10H,1,5-6,8-9H2,(H,14,16). The average Bonchev–Trinajstić information content (AvgIpc) is 2.89. The van der Waals surface area contributed by atoms with Gasteiger partial charge in [0.2, 0.25) is 5.88 Å². The van der Waals surface area contributed by atoms with Crippen molar-refractivity contribution in [1.29, 1.82) is 0 Å². The molecule has 1 saturated heterocycles. The molecule has 1 fully saturated rings. The highest BCUT2D eigenvalue weighted by atomic mass is 32.2. The molecule has 4 nitrogen and oxygen atoms in total. The zero-order valence-corrected chi connectivity index (χ0v) is 10.9. The van der Waals surface area contributed by atoms with E-state index in [1.54, 1.807) is 24.4 Å². The molecule has 1 aromatic rings. The lowest BCUT2D eigenvalue weighted by Crippen LogP contribution is -2.25. The molecule has 1 aromatic heterocycles. The van der Waals surface area contributed by atoms with Crippen LogP contribution in [0.4, 0.5) is 0 Å². The summed E-state index contributed by atoms with van der Waals surface area (Å²) in [5.74, 6) is 2.31. The van der Waals surface area contributed by atoms with Crippen LogP contribution in [0, 0.1) is 0 Å². The number of hydrogen-bond acceptors (Lipinski definition) is 4. The van der Waals surface area contributed by atoms with Crippen LogP contribution in [0.3, 0.4) is 0 Å². The molecule has 96 valence electrons. The van der Waals surface area contributed by atoms with E-state index in [-0.39, 0.29) is 12.0 Å². The summed E-state index contributed by atoms with van der Waals surface area (Å²) < 4.78 is 5.79. The van der Waals surface area contributed by atoms with Gasteiger partial charge < -0.3 is 10.1 Å². The summed E-state index contributed by atoms with van der Waals surface area (Å²) in [6, 6.07) is 3.46. The van der Waals surface area contributed by atoms with Gasteiger partial charge in [0, 0.05) is 18.5 Å². The molecule has 0 spiro atoms. The van der Waals surface area contributed by atoms with E-state index >= 15 is 0 Å². The molecule has 1 unspecified atom stereocenters. The molecule has 18 heavy (non-hydrogen) atoms. The third-order valence-electron chi connectivity index (χ3n) is 2.59. The van der Waals surface area contributed by atoms with Crippen molar-refractivity contribution in [3.63, 3.8) is 0 Å². The third-order valence-corrected chi connectivity index (χ3v) is 3.72. The monoisotopic (exact) mass is 264 g/mol. The Hall–Kier alpha value is -1.49. The lowest BCUT2D eigenvalue weighted by atomic mass is 10.2. The number of rotatable bonds is 5. The Kier molecular flexibility index (Phi) is 4.64. The fourth-order valence-electron chi connectivity index (χ4n) is 1.68. The van der Waals surface area contributed by atoms with E-state index in [9.17, 15) is 4.79 Å². The lowest BCUT2D eigenvalue weighted by Gasteiger charge is -2.14. The minimum absolute atomic E-state index is 0.163. The van der Waals surface area contributed by atoms with Gasteiger partial charge in [-0.3, -0.25) is 4.79 Å². The molecule has 1 aliphatic rings. The largest absolute Gasteiger partial charge is 0.473 e. The fourth-order valence-corrected chi connectivity index (χ4v) is 2.78. The molecule has 1 N–H and O–H groups in total. The number of aromatic nitrogens is 1. The smallest absolute Gasteiger partial charge is 0.257 e. The summed E-state index contributed by atoms with van der Waals surface area (Å²) in [5, 5.41) is 2.73. The second-order valence-corrected chi connectivity index (χ2v) is 5.11. The molecule has 1 aliphatic heterocycles. The van der Waals surface area contributed by atoms with Crippen LogP contribution in [-0.2, 0) is 0 Å². The van der Waals surface area contributed by atoms with Crippen molar-refractivity contribution in [2.75, 3.05) is 18.1 Å². The van der Waals surface area contributed by atoms with E-state index in [4.69, 9.17) is 4.74 Å². The second kappa shape index (κ2) is 6.44. The molecule has 5 heteroatoms. The van der Waals surface area contributed by atoms with Crippen molar-refractivity contribution in [3.05, 3.63) is 36.5 Å². The maximum atomic E-state index is 11.9. The summed E-state index contributed by atoms with van der Waals surface area (Å²) in [6.07, 6.45) is 4.45. The van der Waals surface area contributed by atoms with Gasteiger partial charge in [-0.05, 0) is 24.3 Å². The molecule has 2 rings (SSSR count). The predicted molar refractivity (Wildman–Crippen MR) is 73.1 cm³/mol. The molecule has 0 aliphatic carbocycles. The van der Waals surface area contributed by atoms with Crippen molar-refractivity contribution in [3.8, 4) is 5.88 Å². The van der Waals surface area contributed by atoms with Gasteiger partial charge in [0.05, 0.1) is 0 Å². The zero-order chi connectivity index (χ0) is 12.8. The van der Waals surface area contributed by atoms with Crippen LogP contribution in [0.1, 0.15) is 16.8 Å². The van der Waals surface area contributed by atoms with Crippen LogP contribution < -0.4 is 10.1 Å². The van der Waals surface area contributed by atoms with Crippen molar-refractivity contribution in [2.24, 2.45) is 0 Å². The van der Waals surface area contributed by atoms with Gasteiger partial charge in [0.25, 0.3) is 5.91 Å². The first-order valence-corrected chi connectivity index (χ1v) is 7.05. The Labute approximate surface area is 111 Å². The first-order valence-electron chi connectivity index (χ1n) is 5.89. The molecule has 0 aromatic carbocycles. The number of amides is 1. The summed E-state index contributed by atoms with van der Waals surface area (Å²) in [5.41, 5.74) is 0.483. The number of thioether (sulfide) groups is 1. The summed E-state index contributed by atoms with van der Waals surface area (Å²) in [6.45, 7) is 4.00. The second-order valence-electron chi connectivity index (χ2n) is 3.96. The van der Waals surface area contributed by atoms with Crippen molar-refractivity contribution >= 4 is 17.7 Å². The molecular weight excluding hydrogens is 248 g/mol. The highest BCUT2D eigenvalue weighted by molar-refractivity contribution is 7.99. The number of pyridine rings is 1. The first-order chi connectivity index (χ1) is 8.81. The van der Waals surface area contributed by atoms with Crippen molar-refractivity contribution < 1.29 is 9.53 Å². The number of ether oxygens (including phenoxy) is 1. The highest BCUT2D eigenvalue weighted by Gasteiger charge is 2.20. The molecule has 1 amide bonds. The van der Waals surface area contributed by atoms with E-state index < -0.39 is 0 Å². The maximum Gasteiger partial charge on any atom is 0.257 e. The van der Waals surface area contributed by atoms with Crippen molar-refractivity contribution in [1.82, 2.24) is 10.3 Å². The van der Waals surface area contributed by atoms with Gasteiger partial charge in [-0.15, -0.1) is 6.58 Å². The Balaban J connectivity index is 2.08. The Morgan fingerprint density at radius 2 is 2.61 bits per heavy atom. The highest BCUT2D eigenvalue weighted by Crippen LogP contribution is 2.24. The van der Waals surface area contributed by atoms with Gasteiger partial charge in [-0.2, -0.15) is 11.8 Å². The number of nitrogens with one attached hydrogen (secondary N) is 1. The number of nitrogens with zero attached hydrogens (tertiary/aromatic N) is 1. The topological polar surface area (TPSA) is 51.2 Å². The Morgan fingerprint density at radius 3 is 3.33 bits per heavy atom. The van der Waals surface area contributed by atoms with Crippen molar-refractivity contribution in [2.45, 2.75) is 12.5 Å². The van der Waals surface area contributed by atoms with E-state index in [1.807, 2.05) is 11.8 Å². The normalized spacial score (nSPS) is 18.3. The Bertz CT molecular complexity index is 431. The molecule has 0 saturated carbocycles. The van der Waals surface area contributed by atoms with Crippen LogP contribution >= 0.6 is 11.8 Å². The minimum Gasteiger partial charge on any atom is -0.473 e. The molecule has 1 atom stereocenters. The van der Waals surface area contributed by atoms with E-state index in [0.717, 1.165) is 17.9 Å². The number of carbonyl (C=O) groups is 1. The lowest BCUT2D eigenvalue weighted by molar-refractivity contribution is 0.0950. The van der Waals surface area contributed by atoms with Crippen LogP contribution in [0.15, 0.2) is 31.0 Å². The maximum absolute atomic E-state index is 11.9. The fraction of sp³-hybridized carbons (Fsp3) is 0.385. The van der Waals surface area contributed by atoms with Gasteiger partial charge in [-0.25, -0.2) is 4.98 Å². The number of hydrogen-bond donors (Lipinski definition) is 1.